The molecule has 0 unspecified atom stereocenters. The minimum Gasteiger partial charge on any atom is -0.396 e. The Bertz CT molecular complexity index is 1480. The van der Waals surface area contributed by atoms with Gasteiger partial charge in [-0.15, -0.1) is 5.10 Å². The summed E-state index contributed by atoms with van der Waals surface area (Å²) in [6, 6.07) is 15.3. The van der Waals surface area contributed by atoms with Crippen LogP contribution < -0.4 is 5.73 Å². The fourth-order valence-electron chi connectivity index (χ4n) is 3.63. The predicted octanol–water partition coefficient (Wildman–Crippen LogP) is 3.65. The molecule has 0 spiro atoms. The molecule has 0 atom stereocenters. The lowest BCUT2D eigenvalue weighted by molar-refractivity contribution is -0.137. The molecule has 2 aromatic carbocycles. The van der Waals surface area contributed by atoms with Gasteiger partial charge in [0.15, 0.2) is 5.65 Å². The molecule has 0 aliphatic heterocycles. The number of pyridine rings is 1. The smallest absolute Gasteiger partial charge is 0.396 e. The van der Waals surface area contributed by atoms with E-state index in [0.717, 1.165) is 17.8 Å². The molecule has 35 heavy (non-hydrogen) atoms. The standard InChI is InChI=1S/C17H12F3N5O.C7H9NO/c1-24-22-14-12-8-9(15(21)26)2-7-13(12)25(16(14)23-24)11-5-3-10(4-6-11)17(18,19)20;9-6-4-7-3-1-2-5-8-7/h2-8H,1H3,(H2,21,26);1-3,5,9H,4,6H2. The summed E-state index contributed by atoms with van der Waals surface area (Å²) in [6.45, 7) is 0.178. The second-order valence-corrected chi connectivity index (χ2v) is 7.63. The Balaban J connectivity index is 0.000000271. The Morgan fingerprint density at radius 3 is 2.40 bits per heavy atom. The number of benzene rings is 2. The number of nitrogens with two attached hydrogens (primary N) is 1. The van der Waals surface area contributed by atoms with Gasteiger partial charge in [0.05, 0.1) is 11.1 Å². The zero-order valence-electron chi connectivity index (χ0n) is 18.6. The lowest BCUT2D eigenvalue weighted by Gasteiger charge is -2.10. The maximum Gasteiger partial charge on any atom is 0.416 e. The molecule has 3 heterocycles. The van der Waals surface area contributed by atoms with Crippen LogP contribution in [0.1, 0.15) is 21.6 Å². The molecule has 1 amide bonds. The number of halogens is 3. The van der Waals surface area contributed by atoms with Gasteiger partial charge in [0.1, 0.15) is 5.52 Å². The molecule has 0 radical (unpaired) electrons. The van der Waals surface area contributed by atoms with Crippen molar-refractivity contribution in [2.45, 2.75) is 12.6 Å². The fraction of sp³-hybridized carbons (Fsp3) is 0.167. The van der Waals surface area contributed by atoms with Crippen molar-refractivity contribution < 1.29 is 23.1 Å². The van der Waals surface area contributed by atoms with Crippen LogP contribution in [0.3, 0.4) is 0 Å². The van der Waals surface area contributed by atoms with Crippen molar-refractivity contribution in [3.8, 4) is 5.69 Å². The summed E-state index contributed by atoms with van der Waals surface area (Å²) in [4.78, 5) is 16.8. The number of rotatable bonds is 4. The van der Waals surface area contributed by atoms with Crippen LogP contribution in [0.2, 0.25) is 0 Å². The summed E-state index contributed by atoms with van der Waals surface area (Å²) in [5.41, 5.74) is 8.04. The van der Waals surface area contributed by atoms with Crippen LogP contribution in [0.15, 0.2) is 66.9 Å². The molecule has 0 aliphatic carbocycles. The first-order chi connectivity index (χ1) is 16.7. The van der Waals surface area contributed by atoms with Crippen LogP contribution in [0.25, 0.3) is 27.8 Å². The van der Waals surface area contributed by atoms with E-state index in [1.165, 1.54) is 16.9 Å². The summed E-state index contributed by atoms with van der Waals surface area (Å²) < 4.78 is 40.1. The first-order valence-corrected chi connectivity index (χ1v) is 10.5. The molecule has 8 nitrogen and oxygen atoms in total. The van der Waals surface area contributed by atoms with Crippen molar-refractivity contribution in [2.75, 3.05) is 6.61 Å². The molecule has 5 aromatic rings. The van der Waals surface area contributed by atoms with Crippen LogP contribution in [0.5, 0.6) is 0 Å². The van der Waals surface area contributed by atoms with Gasteiger partial charge in [0.25, 0.3) is 0 Å². The lowest BCUT2D eigenvalue weighted by Crippen LogP contribution is -2.10. The largest absolute Gasteiger partial charge is 0.416 e. The maximum atomic E-state index is 12.8. The van der Waals surface area contributed by atoms with E-state index in [1.807, 2.05) is 18.2 Å². The van der Waals surface area contributed by atoms with Crippen molar-refractivity contribution in [2.24, 2.45) is 12.8 Å². The van der Waals surface area contributed by atoms with E-state index < -0.39 is 17.6 Å². The van der Waals surface area contributed by atoms with Gasteiger partial charge in [0.2, 0.25) is 5.91 Å². The molecule has 0 aliphatic rings. The topological polar surface area (TPSA) is 112 Å². The third-order valence-corrected chi connectivity index (χ3v) is 5.23. The number of amides is 1. The van der Waals surface area contributed by atoms with Gasteiger partial charge in [-0.3, -0.25) is 14.3 Å². The second-order valence-electron chi connectivity index (χ2n) is 7.63. The van der Waals surface area contributed by atoms with E-state index >= 15 is 0 Å². The number of nitrogens with zero attached hydrogens (tertiary/aromatic N) is 5. The summed E-state index contributed by atoms with van der Waals surface area (Å²) in [5.74, 6) is -0.578. The Hall–Kier alpha value is -4.25. The number of aryl methyl sites for hydroxylation is 1. The second kappa shape index (κ2) is 9.55. The molecule has 0 bridgehead atoms. The number of carbonyl (C=O) groups is 1. The molecule has 3 N–H and O–H groups in total. The molecular formula is C24H21F3N6O2. The Morgan fingerprint density at radius 1 is 1.06 bits per heavy atom. The van der Waals surface area contributed by atoms with Crippen molar-refractivity contribution in [3.05, 3.63) is 83.7 Å². The number of hydrogen-bond acceptors (Lipinski definition) is 5. The summed E-state index contributed by atoms with van der Waals surface area (Å²) in [7, 11) is 1.64. The SMILES string of the molecule is Cn1nc2c3cc(C(N)=O)ccc3n(-c3ccc(C(F)(F)F)cc3)c2n1.OCCc1ccccn1. The number of alkyl halides is 3. The Labute approximate surface area is 197 Å². The van der Waals surface area contributed by atoms with Gasteiger partial charge in [-0.2, -0.15) is 23.1 Å². The van der Waals surface area contributed by atoms with Gasteiger partial charge in [-0.1, -0.05) is 6.07 Å². The van der Waals surface area contributed by atoms with E-state index in [9.17, 15) is 18.0 Å². The number of carbonyl (C=O) groups excluding carboxylic acids is 1. The number of aliphatic hydroxyl groups excluding tert-OH is 1. The third kappa shape index (κ3) is 4.99. The first kappa shape index (κ1) is 23.9. The number of fused-ring (bicyclic) bond motifs is 3. The van der Waals surface area contributed by atoms with E-state index in [1.54, 1.807) is 36.0 Å². The molecule has 3 aromatic heterocycles. The van der Waals surface area contributed by atoms with Crippen LogP contribution >= 0.6 is 0 Å². The Kier molecular flexibility index (Phi) is 6.52. The lowest BCUT2D eigenvalue weighted by atomic mass is 10.1. The average Bonchev–Trinajstić information content (AvgIpc) is 3.34. The first-order valence-electron chi connectivity index (χ1n) is 10.5. The van der Waals surface area contributed by atoms with Gasteiger partial charge in [0, 0.05) is 48.6 Å². The Morgan fingerprint density at radius 2 is 1.80 bits per heavy atom. The monoisotopic (exact) mass is 482 g/mol. The number of hydrogen-bond donors (Lipinski definition) is 2. The zero-order chi connectivity index (χ0) is 25.2. The highest BCUT2D eigenvalue weighted by atomic mass is 19.4. The molecule has 5 rings (SSSR count). The number of primary amides is 1. The van der Waals surface area contributed by atoms with Gasteiger partial charge >= 0.3 is 6.18 Å². The van der Waals surface area contributed by atoms with Crippen LogP contribution in [0, 0.1) is 0 Å². The quantitative estimate of drug-likeness (QED) is 0.406. The summed E-state index contributed by atoms with van der Waals surface area (Å²) in [6.07, 6.45) is -2.03. The maximum absolute atomic E-state index is 12.8. The van der Waals surface area contributed by atoms with Crippen LogP contribution in [-0.2, 0) is 19.6 Å². The summed E-state index contributed by atoms with van der Waals surface area (Å²) >= 11 is 0. The minimum atomic E-state index is -4.41. The van der Waals surface area contributed by atoms with E-state index in [-0.39, 0.29) is 6.61 Å². The van der Waals surface area contributed by atoms with Crippen molar-refractivity contribution in [1.82, 2.24) is 24.5 Å². The zero-order valence-corrected chi connectivity index (χ0v) is 18.6. The third-order valence-electron chi connectivity index (χ3n) is 5.23. The molecule has 0 fully saturated rings. The molecule has 180 valence electrons. The van der Waals surface area contributed by atoms with E-state index in [0.29, 0.717) is 39.7 Å². The van der Waals surface area contributed by atoms with Gasteiger partial charge in [-0.25, -0.2) is 0 Å². The van der Waals surface area contributed by atoms with Gasteiger partial charge < -0.3 is 10.8 Å². The van der Waals surface area contributed by atoms with Crippen molar-refractivity contribution in [1.29, 1.82) is 0 Å². The van der Waals surface area contributed by atoms with Crippen molar-refractivity contribution >= 4 is 28.0 Å². The molecule has 11 heteroatoms. The normalized spacial score (nSPS) is 11.5. The number of aromatic nitrogens is 5. The highest BCUT2D eigenvalue weighted by Gasteiger charge is 2.30. The van der Waals surface area contributed by atoms with Crippen LogP contribution in [0.4, 0.5) is 13.2 Å². The highest BCUT2D eigenvalue weighted by molar-refractivity contribution is 6.08. The fourth-order valence-corrected chi connectivity index (χ4v) is 3.63. The molecule has 0 saturated carbocycles. The number of aliphatic hydroxyl groups is 1. The van der Waals surface area contributed by atoms with Crippen molar-refractivity contribution in [3.63, 3.8) is 0 Å². The van der Waals surface area contributed by atoms with E-state index in [2.05, 4.69) is 15.2 Å². The predicted molar refractivity (Wildman–Crippen MR) is 124 cm³/mol. The molecule has 0 saturated heterocycles. The van der Waals surface area contributed by atoms with Gasteiger partial charge in [-0.05, 0) is 54.6 Å². The summed E-state index contributed by atoms with van der Waals surface area (Å²) in [5, 5.41) is 17.7. The average molecular weight is 482 g/mol. The highest BCUT2D eigenvalue weighted by Crippen LogP contribution is 2.33. The van der Waals surface area contributed by atoms with Crippen LogP contribution in [-0.4, -0.2) is 42.2 Å². The minimum absolute atomic E-state index is 0.178. The van der Waals surface area contributed by atoms with E-state index in [4.69, 9.17) is 10.8 Å². The molecular weight excluding hydrogens is 461 g/mol.